The molecule has 3 atom stereocenters. The molecule has 13 heteroatoms. The van der Waals surface area contributed by atoms with Gasteiger partial charge in [0.1, 0.15) is 23.6 Å². The normalized spacial score (nSPS) is 17.0. The van der Waals surface area contributed by atoms with Crippen molar-refractivity contribution in [3.63, 3.8) is 0 Å². The molecule has 2 aromatic rings. The number of amides is 2. The first-order chi connectivity index (χ1) is 17.1. The molecule has 1 aliphatic rings. The first-order valence-corrected chi connectivity index (χ1v) is 10.7. The van der Waals surface area contributed by atoms with Gasteiger partial charge in [-0.3, -0.25) is 14.4 Å². The van der Waals surface area contributed by atoms with Crippen molar-refractivity contribution < 1.29 is 44.4 Å². The lowest BCUT2D eigenvalue weighted by Crippen LogP contribution is -2.66. The molecule has 0 saturated carbocycles. The summed E-state index contributed by atoms with van der Waals surface area (Å²) in [5.41, 5.74) is 5.51. The lowest BCUT2D eigenvalue weighted by atomic mass is 9.97. The Hall–Kier alpha value is -4.65. The van der Waals surface area contributed by atoms with Gasteiger partial charge in [-0.1, -0.05) is 17.3 Å². The van der Waals surface area contributed by atoms with Crippen LogP contribution in [0.4, 0.5) is 0 Å². The minimum absolute atomic E-state index is 0.0516. The number of aliphatic carboxylic acids is 2. The van der Waals surface area contributed by atoms with Crippen LogP contribution in [0, 0.1) is 0 Å². The van der Waals surface area contributed by atoms with Gasteiger partial charge in [0.25, 0.3) is 5.91 Å². The van der Waals surface area contributed by atoms with E-state index in [1.54, 1.807) is 0 Å². The number of phenols is 1. The zero-order chi connectivity index (χ0) is 26.4. The minimum Gasteiger partial charge on any atom is -0.508 e. The number of hydrogen-bond donors (Lipinski definition) is 6. The number of aromatic hydroxyl groups is 1. The SMILES string of the molecule is N[C@H](CCOc1ccc(/C(=N\O)C(=O)N[C@H]2CN([C@@H](C(=O)O)c3ccc(O)cc3)C2=O)cc1)C(=O)O. The van der Waals surface area contributed by atoms with Crippen LogP contribution in [0.1, 0.15) is 23.6 Å². The van der Waals surface area contributed by atoms with Crippen LogP contribution >= 0.6 is 0 Å². The summed E-state index contributed by atoms with van der Waals surface area (Å²) >= 11 is 0. The van der Waals surface area contributed by atoms with E-state index in [1.807, 2.05) is 0 Å². The van der Waals surface area contributed by atoms with Gasteiger partial charge < -0.3 is 41.2 Å². The van der Waals surface area contributed by atoms with Crippen LogP contribution in [-0.2, 0) is 19.2 Å². The molecule has 1 heterocycles. The van der Waals surface area contributed by atoms with Gasteiger partial charge in [0.15, 0.2) is 11.8 Å². The van der Waals surface area contributed by atoms with Crippen molar-refractivity contribution in [1.29, 1.82) is 0 Å². The number of nitrogens with two attached hydrogens (primary N) is 1. The van der Waals surface area contributed by atoms with E-state index in [0.717, 1.165) is 4.90 Å². The Morgan fingerprint density at radius 1 is 1.08 bits per heavy atom. The van der Waals surface area contributed by atoms with Gasteiger partial charge in [0.05, 0.1) is 13.2 Å². The summed E-state index contributed by atoms with van der Waals surface area (Å²) in [4.78, 5) is 48.8. The number of nitrogens with one attached hydrogen (secondary N) is 1. The molecule has 0 aromatic heterocycles. The van der Waals surface area contributed by atoms with Gasteiger partial charge in [0.2, 0.25) is 5.91 Å². The van der Waals surface area contributed by atoms with E-state index in [4.69, 9.17) is 15.6 Å². The summed E-state index contributed by atoms with van der Waals surface area (Å²) in [6.07, 6.45) is 0.0880. The molecule has 0 aliphatic carbocycles. The van der Waals surface area contributed by atoms with Gasteiger partial charge >= 0.3 is 11.9 Å². The van der Waals surface area contributed by atoms with Gasteiger partial charge in [-0.25, -0.2) is 4.79 Å². The van der Waals surface area contributed by atoms with Gasteiger partial charge in [0, 0.05) is 12.0 Å². The second-order valence-electron chi connectivity index (χ2n) is 7.90. The zero-order valence-electron chi connectivity index (χ0n) is 18.8. The van der Waals surface area contributed by atoms with E-state index in [0.29, 0.717) is 5.75 Å². The second-order valence-corrected chi connectivity index (χ2v) is 7.90. The summed E-state index contributed by atoms with van der Waals surface area (Å²) in [5.74, 6) is -3.59. The number of phenolic OH excluding ortho intramolecular Hbond substituents is 1. The fourth-order valence-electron chi connectivity index (χ4n) is 3.50. The number of nitrogens with zero attached hydrogens (tertiary/aromatic N) is 2. The number of oxime groups is 1. The molecule has 190 valence electrons. The maximum atomic E-state index is 12.6. The quantitative estimate of drug-likeness (QED) is 0.104. The maximum Gasteiger partial charge on any atom is 0.331 e. The third-order valence-electron chi connectivity index (χ3n) is 5.48. The Morgan fingerprint density at radius 2 is 1.72 bits per heavy atom. The highest BCUT2D eigenvalue weighted by Crippen LogP contribution is 2.28. The third-order valence-corrected chi connectivity index (χ3v) is 5.48. The van der Waals surface area contributed by atoms with E-state index < -0.39 is 41.9 Å². The van der Waals surface area contributed by atoms with Crippen LogP contribution in [0.5, 0.6) is 11.5 Å². The molecule has 7 N–H and O–H groups in total. The summed E-state index contributed by atoms with van der Waals surface area (Å²) in [6.45, 7) is -0.0393. The average Bonchev–Trinajstić information content (AvgIpc) is 2.85. The van der Waals surface area contributed by atoms with Crippen molar-refractivity contribution in [2.45, 2.75) is 24.5 Å². The van der Waals surface area contributed by atoms with Crippen molar-refractivity contribution in [1.82, 2.24) is 10.2 Å². The number of carboxylic acid groups (broad SMARTS) is 2. The van der Waals surface area contributed by atoms with Crippen LogP contribution in [0.2, 0.25) is 0 Å². The van der Waals surface area contributed by atoms with Crippen molar-refractivity contribution in [2.75, 3.05) is 13.2 Å². The number of rotatable bonds is 11. The van der Waals surface area contributed by atoms with E-state index in [1.165, 1.54) is 48.5 Å². The van der Waals surface area contributed by atoms with Crippen LogP contribution in [0.25, 0.3) is 0 Å². The van der Waals surface area contributed by atoms with E-state index in [9.17, 15) is 34.6 Å². The molecule has 1 fully saturated rings. The van der Waals surface area contributed by atoms with Gasteiger partial charge in [-0.15, -0.1) is 0 Å². The standard InChI is InChI=1S/C23H24N4O9/c24-16(22(31)32)9-10-36-15-7-3-12(4-8-15)18(26-35)20(29)25-17-11-27(21(17)30)19(23(33)34)13-1-5-14(28)6-2-13/h1-8,16-17,19,28,35H,9-11,24H2,(H,25,29)(H,31,32)(H,33,34)/b26-18+/t16-,17+,19-/m1/s1. The molecule has 2 aromatic carbocycles. The summed E-state index contributed by atoms with van der Waals surface area (Å²) in [5, 5.41) is 42.5. The molecule has 0 bridgehead atoms. The van der Waals surface area contributed by atoms with Crippen molar-refractivity contribution in [3.8, 4) is 11.5 Å². The zero-order valence-corrected chi connectivity index (χ0v) is 18.8. The average molecular weight is 500 g/mol. The summed E-state index contributed by atoms with van der Waals surface area (Å²) in [7, 11) is 0. The van der Waals surface area contributed by atoms with Crippen LogP contribution in [0.15, 0.2) is 53.7 Å². The Kier molecular flexibility index (Phi) is 8.07. The molecule has 0 spiro atoms. The molecule has 1 saturated heterocycles. The minimum atomic E-state index is -1.30. The van der Waals surface area contributed by atoms with E-state index in [2.05, 4.69) is 10.5 Å². The Bertz CT molecular complexity index is 1170. The highest BCUT2D eigenvalue weighted by molar-refractivity contribution is 6.45. The van der Waals surface area contributed by atoms with E-state index in [-0.39, 0.29) is 42.2 Å². The van der Waals surface area contributed by atoms with Crippen molar-refractivity contribution >= 4 is 29.5 Å². The number of benzene rings is 2. The fourth-order valence-corrected chi connectivity index (χ4v) is 3.50. The Morgan fingerprint density at radius 3 is 2.25 bits per heavy atom. The smallest absolute Gasteiger partial charge is 0.331 e. The summed E-state index contributed by atoms with van der Waals surface area (Å²) in [6, 6.07) is 7.83. The highest BCUT2D eigenvalue weighted by atomic mass is 16.5. The molecular weight excluding hydrogens is 476 g/mol. The largest absolute Gasteiger partial charge is 0.508 e. The Balaban J connectivity index is 1.59. The van der Waals surface area contributed by atoms with E-state index >= 15 is 0 Å². The fraction of sp³-hybridized carbons (Fsp3) is 0.261. The molecule has 0 radical (unpaired) electrons. The third kappa shape index (κ3) is 5.88. The van der Waals surface area contributed by atoms with Crippen LogP contribution in [-0.4, -0.2) is 80.1 Å². The predicted molar refractivity (Wildman–Crippen MR) is 123 cm³/mol. The number of likely N-dealkylation sites (tertiary alicyclic amines) is 1. The number of carboxylic acids is 2. The number of hydrogen-bond acceptors (Lipinski definition) is 9. The number of carbonyl (C=O) groups excluding carboxylic acids is 2. The van der Waals surface area contributed by atoms with Crippen LogP contribution < -0.4 is 15.8 Å². The first kappa shape index (κ1) is 26.0. The number of ether oxygens (including phenoxy) is 1. The maximum absolute atomic E-state index is 12.6. The lowest BCUT2D eigenvalue weighted by Gasteiger charge is -2.42. The molecule has 0 unspecified atom stereocenters. The van der Waals surface area contributed by atoms with Gasteiger partial charge in [-0.2, -0.15) is 0 Å². The molecule has 13 nitrogen and oxygen atoms in total. The van der Waals surface area contributed by atoms with Crippen LogP contribution in [0.3, 0.4) is 0 Å². The lowest BCUT2D eigenvalue weighted by molar-refractivity contribution is -0.160. The van der Waals surface area contributed by atoms with Crippen molar-refractivity contribution in [2.24, 2.45) is 10.9 Å². The Labute approximate surface area is 204 Å². The monoisotopic (exact) mass is 500 g/mol. The summed E-state index contributed by atoms with van der Waals surface area (Å²) < 4.78 is 5.40. The molecule has 3 rings (SSSR count). The highest BCUT2D eigenvalue weighted by Gasteiger charge is 2.45. The predicted octanol–water partition coefficient (Wildman–Crippen LogP) is -0.0958. The van der Waals surface area contributed by atoms with Crippen molar-refractivity contribution in [3.05, 3.63) is 59.7 Å². The molecule has 1 aliphatic heterocycles. The molecular formula is C23H24N4O9. The van der Waals surface area contributed by atoms with Gasteiger partial charge in [-0.05, 0) is 42.0 Å². The second kappa shape index (κ2) is 11.2. The molecule has 36 heavy (non-hydrogen) atoms. The number of β-lactam (4-membered cyclic amide) rings is 1. The number of carbonyl (C=O) groups is 4. The molecule has 2 amide bonds. The topological polar surface area (TPSA) is 212 Å². The first-order valence-electron chi connectivity index (χ1n) is 10.7.